The van der Waals surface area contributed by atoms with Gasteiger partial charge in [0.05, 0.1) is 38.5 Å². The van der Waals surface area contributed by atoms with Crippen LogP contribution >= 0.6 is 0 Å². The second-order valence-corrected chi connectivity index (χ2v) is 4.62. The molecule has 0 aromatic carbocycles. The molecular weight excluding hydrogens is 234 g/mol. The minimum absolute atomic E-state index is 0.0533. The average molecular weight is 255 g/mol. The highest BCUT2D eigenvalue weighted by Crippen LogP contribution is 2.14. The number of nitrogens with zero attached hydrogens (tertiary/aromatic N) is 3. The van der Waals surface area contributed by atoms with Gasteiger partial charge in [0, 0.05) is 26.0 Å². The summed E-state index contributed by atoms with van der Waals surface area (Å²) in [7, 11) is 3.67. The van der Waals surface area contributed by atoms with E-state index in [-0.39, 0.29) is 6.04 Å². The van der Waals surface area contributed by atoms with Crippen LogP contribution in [0.3, 0.4) is 0 Å². The molecule has 18 heavy (non-hydrogen) atoms. The number of aromatic nitrogens is 2. The Bertz CT molecular complexity index is 369. The van der Waals surface area contributed by atoms with Gasteiger partial charge in [0.2, 0.25) is 0 Å². The smallest absolute Gasteiger partial charge is 0.122 e. The normalized spacial score (nSPS) is 24.0. The van der Waals surface area contributed by atoms with Crippen molar-refractivity contribution in [3.05, 3.63) is 18.2 Å². The molecular formula is C12H21N3O3. The number of aliphatic hydroxyl groups excluding tert-OH is 1. The molecule has 0 aliphatic carbocycles. The summed E-state index contributed by atoms with van der Waals surface area (Å²) in [5.74, 6) is 0.980. The molecule has 1 N–H and O–H groups in total. The van der Waals surface area contributed by atoms with E-state index in [1.54, 1.807) is 13.3 Å². The van der Waals surface area contributed by atoms with Crippen molar-refractivity contribution in [2.45, 2.75) is 25.2 Å². The van der Waals surface area contributed by atoms with E-state index in [4.69, 9.17) is 9.47 Å². The number of likely N-dealkylation sites (N-methyl/N-ethyl adjacent to an activating group) is 1. The van der Waals surface area contributed by atoms with Crippen molar-refractivity contribution in [1.29, 1.82) is 0 Å². The summed E-state index contributed by atoms with van der Waals surface area (Å²) in [4.78, 5) is 6.44. The predicted octanol–water partition coefficient (Wildman–Crippen LogP) is -0.279. The maximum Gasteiger partial charge on any atom is 0.122 e. The minimum Gasteiger partial charge on any atom is -0.389 e. The van der Waals surface area contributed by atoms with Gasteiger partial charge in [0.1, 0.15) is 5.82 Å². The summed E-state index contributed by atoms with van der Waals surface area (Å²) in [6.07, 6.45) is 3.34. The molecule has 0 amide bonds. The van der Waals surface area contributed by atoms with E-state index in [2.05, 4.69) is 14.5 Å². The first-order valence-electron chi connectivity index (χ1n) is 6.17. The SMILES string of the molecule is COCCn1ccnc1CN(C)[C@@H]1COC[C@H]1O. The van der Waals surface area contributed by atoms with Crippen LogP contribution in [0.1, 0.15) is 5.82 Å². The summed E-state index contributed by atoms with van der Waals surface area (Å²) in [6, 6.07) is 0.0533. The monoisotopic (exact) mass is 255 g/mol. The minimum atomic E-state index is -0.405. The third kappa shape index (κ3) is 3.08. The molecule has 0 spiro atoms. The quantitative estimate of drug-likeness (QED) is 0.757. The zero-order chi connectivity index (χ0) is 13.0. The predicted molar refractivity (Wildman–Crippen MR) is 66.2 cm³/mol. The van der Waals surface area contributed by atoms with Gasteiger partial charge in [-0.25, -0.2) is 4.98 Å². The van der Waals surface area contributed by atoms with Gasteiger partial charge in [-0.1, -0.05) is 0 Å². The molecule has 6 heteroatoms. The molecule has 2 rings (SSSR count). The van der Waals surface area contributed by atoms with Gasteiger partial charge in [0.25, 0.3) is 0 Å². The molecule has 1 aromatic heterocycles. The summed E-state index contributed by atoms with van der Waals surface area (Å²) in [5, 5.41) is 9.78. The molecule has 1 saturated heterocycles. The topological polar surface area (TPSA) is 59.8 Å². The zero-order valence-corrected chi connectivity index (χ0v) is 11.0. The van der Waals surface area contributed by atoms with E-state index in [0.717, 1.165) is 12.4 Å². The number of aliphatic hydroxyl groups is 1. The van der Waals surface area contributed by atoms with Crippen LogP contribution in [0.4, 0.5) is 0 Å². The van der Waals surface area contributed by atoms with Gasteiger partial charge in [-0.2, -0.15) is 0 Å². The number of imidazole rings is 1. The summed E-state index contributed by atoms with van der Waals surface area (Å²) < 4.78 is 12.4. The number of ether oxygens (including phenoxy) is 2. The Morgan fingerprint density at radius 2 is 2.44 bits per heavy atom. The molecule has 102 valence electrons. The van der Waals surface area contributed by atoms with Gasteiger partial charge < -0.3 is 19.1 Å². The molecule has 1 aliphatic rings. The highest BCUT2D eigenvalue weighted by Gasteiger charge is 2.30. The lowest BCUT2D eigenvalue weighted by atomic mass is 10.2. The van der Waals surface area contributed by atoms with Crippen molar-refractivity contribution in [1.82, 2.24) is 14.5 Å². The Hall–Kier alpha value is -0.950. The molecule has 2 atom stereocenters. The third-order valence-corrected chi connectivity index (χ3v) is 3.32. The Kier molecular flexibility index (Phi) is 4.71. The lowest BCUT2D eigenvalue weighted by Crippen LogP contribution is -2.40. The van der Waals surface area contributed by atoms with Crippen LogP contribution in [0.2, 0.25) is 0 Å². The average Bonchev–Trinajstić information content (AvgIpc) is 2.95. The Balaban J connectivity index is 1.94. The molecule has 6 nitrogen and oxygen atoms in total. The van der Waals surface area contributed by atoms with Crippen LogP contribution in [0.5, 0.6) is 0 Å². The Morgan fingerprint density at radius 1 is 1.61 bits per heavy atom. The van der Waals surface area contributed by atoms with E-state index in [0.29, 0.717) is 26.4 Å². The lowest BCUT2D eigenvalue weighted by Gasteiger charge is -2.25. The van der Waals surface area contributed by atoms with Crippen molar-refractivity contribution in [2.75, 3.05) is 34.0 Å². The number of methoxy groups -OCH3 is 1. The van der Waals surface area contributed by atoms with Crippen LogP contribution in [0.25, 0.3) is 0 Å². The Morgan fingerprint density at radius 3 is 3.11 bits per heavy atom. The highest BCUT2D eigenvalue weighted by molar-refractivity contribution is 4.94. The summed E-state index contributed by atoms with van der Waals surface area (Å²) >= 11 is 0. The van der Waals surface area contributed by atoms with E-state index < -0.39 is 6.10 Å². The molecule has 0 unspecified atom stereocenters. The second kappa shape index (κ2) is 6.29. The standard InChI is InChI=1S/C12H21N3O3/c1-14(10-8-18-9-11(10)16)7-12-13-3-4-15(12)5-6-17-2/h3-4,10-11,16H,5-9H2,1-2H3/t10-,11-/m1/s1. The van der Waals surface area contributed by atoms with Gasteiger partial charge in [-0.15, -0.1) is 0 Å². The number of rotatable bonds is 6. The molecule has 1 aliphatic heterocycles. The van der Waals surface area contributed by atoms with Gasteiger partial charge >= 0.3 is 0 Å². The first kappa shape index (κ1) is 13.5. The second-order valence-electron chi connectivity index (χ2n) is 4.62. The fourth-order valence-corrected chi connectivity index (χ4v) is 2.18. The van der Waals surface area contributed by atoms with Crippen molar-refractivity contribution < 1.29 is 14.6 Å². The maximum absolute atomic E-state index is 9.78. The molecule has 1 aromatic rings. The molecule has 0 bridgehead atoms. The van der Waals surface area contributed by atoms with Crippen molar-refractivity contribution in [3.63, 3.8) is 0 Å². The van der Waals surface area contributed by atoms with E-state index in [1.807, 2.05) is 13.2 Å². The Labute approximate surface area is 107 Å². The molecule has 1 fully saturated rings. The summed E-state index contributed by atoms with van der Waals surface area (Å²) in [5.41, 5.74) is 0. The molecule has 0 radical (unpaired) electrons. The van der Waals surface area contributed by atoms with Crippen molar-refractivity contribution in [2.24, 2.45) is 0 Å². The van der Waals surface area contributed by atoms with Gasteiger partial charge in [-0.05, 0) is 7.05 Å². The van der Waals surface area contributed by atoms with Crippen LogP contribution < -0.4 is 0 Å². The van der Waals surface area contributed by atoms with E-state index >= 15 is 0 Å². The van der Waals surface area contributed by atoms with Gasteiger partial charge in [0.15, 0.2) is 0 Å². The highest BCUT2D eigenvalue weighted by atomic mass is 16.5. The largest absolute Gasteiger partial charge is 0.389 e. The van der Waals surface area contributed by atoms with Crippen LogP contribution in [0, 0.1) is 0 Å². The van der Waals surface area contributed by atoms with Crippen LogP contribution in [-0.2, 0) is 22.6 Å². The van der Waals surface area contributed by atoms with E-state index in [1.165, 1.54) is 0 Å². The fourth-order valence-electron chi connectivity index (χ4n) is 2.18. The first-order chi connectivity index (χ1) is 8.72. The maximum atomic E-state index is 9.78. The van der Waals surface area contributed by atoms with Crippen molar-refractivity contribution >= 4 is 0 Å². The fraction of sp³-hybridized carbons (Fsp3) is 0.750. The van der Waals surface area contributed by atoms with Gasteiger partial charge in [-0.3, -0.25) is 4.90 Å². The van der Waals surface area contributed by atoms with Crippen LogP contribution in [-0.4, -0.2) is 65.7 Å². The summed E-state index contributed by atoms with van der Waals surface area (Å²) in [6.45, 7) is 3.16. The third-order valence-electron chi connectivity index (χ3n) is 3.32. The first-order valence-corrected chi connectivity index (χ1v) is 6.17. The molecule has 0 saturated carbocycles. The number of hydrogen-bond acceptors (Lipinski definition) is 5. The lowest BCUT2D eigenvalue weighted by molar-refractivity contribution is 0.0904. The van der Waals surface area contributed by atoms with E-state index in [9.17, 15) is 5.11 Å². The number of hydrogen-bond donors (Lipinski definition) is 1. The zero-order valence-electron chi connectivity index (χ0n) is 11.0. The molecule has 2 heterocycles. The van der Waals surface area contributed by atoms with Crippen molar-refractivity contribution in [3.8, 4) is 0 Å². The van der Waals surface area contributed by atoms with Crippen LogP contribution in [0.15, 0.2) is 12.4 Å².